The SMILES string of the molecule is COc1ccc(N2C(N)=NCC2c2ccc(C)s2)cc1. The van der Waals surface area contributed by atoms with Gasteiger partial charge in [0.25, 0.3) is 0 Å². The standard InChI is InChI=1S/C15H17N3OS/c1-10-3-8-14(20-10)13-9-17-15(16)18(13)11-4-6-12(19-2)7-5-11/h3-8,13H,9H2,1-2H3,(H2,16,17). The molecule has 2 heterocycles. The summed E-state index contributed by atoms with van der Waals surface area (Å²) in [5.74, 6) is 1.41. The highest BCUT2D eigenvalue weighted by Gasteiger charge is 2.29. The maximum Gasteiger partial charge on any atom is 0.196 e. The molecule has 0 amide bonds. The van der Waals surface area contributed by atoms with Gasteiger partial charge in [-0.15, -0.1) is 11.3 Å². The van der Waals surface area contributed by atoms with Gasteiger partial charge in [-0.25, -0.2) is 0 Å². The third-order valence-electron chi connectivity index (χ3n) is 3.42. The Kier molecular flexibility index (Phi) is 3.36. The predicted molar refractivity (Wildman–Crippen MR) is 83.8 cm³/mol. The molecule has 1 aromatic carbocycles. The maximum absolute atomic E-state index is 6.07. The van der Waals surface area contributed by atoms with Crippen LogP contribution in [-0.4, -0.2) is 19.6 Å². The van der Waals surface area contributed by atoms with Crippen LogP contribution in [-0.2, 0) is 0 Å². The van der Waals surface area contributed by atoms with Crippen LogP contribution in [0.3, 0.4) is 0 Å². The summed E-state index contributed by atoms with van der Waals surface area (Å²) in [6, 6.07) is 12.4. The van der Waals surface area contributed by atoms with E-state index < -0.39 is 0 Å². The van der Waals surface area contributed by atoms with Crippen LogP contribution in [0, 0.1) is 6.92 Å². The maximum atomic E-state index is 6.07. The van der Waals surface area contributed by atoms with Crippen molar-refractivity contribution in [1.29, 1.82) is 0 Å². The molecule has 0 spiro atoms. The fourth-order valence-electron chi connectivity index (χ4n) is 2.40. The molecule has 5 heteroatoms. The molecule has 3 rings (SSSR count). The van der Waals surface area contributed by atoms with Crippen LogP contribution in [0.5, 0.6) is 5.75 Å². The van der Waals surface area contributed by atoms with Gasteiger partial charge >= 0.3 is 0 Å². The lowest BCUT2D eigenvalue weighted by Gasteiger charge is -2.25. The summed E-state index contributed by atoms with van der Waals surface area (Å²) < 4.78 is 5.20. The normalized spacial score (nSPS) is 18.2. The van der Waals surface area contributed by atoms with Gasteiger partial charge in [-0.05, 0) is 43.3 Å². The third kappa shape index (κ3) is 2.25. The van der Waals surface area contributed by atoms with Crippen molar-refractivity contribution in [1.82, 2.24) is 0 Å². The molecule has 1 atom stereocenters. The van der Waals surface area contributed by atoms with E-state index in [-0.39, 0.29) is 6.04 Å². The molecule has 0 saturated heterocycles. The first-order chi connectivity index (χ1) is 9.69. The summed E-state index contributed by atoms with van der Waals surface area (Å²) in [4.78, 5) is 9.09. The molecule has 0 fully saturated rings. The van der Waals surface area contributed by atoms with Crippen molar-refractivity contribution in [2.24, 2.45) is 10.7 Å². The summed E-state index contributed by atoms with van der Waals surface area (Å²) in [6.45, 7) is 2.82. The van der Waals surface area contributed by atoms with Crippen LogP contribution in [0.1, 0.15) is 15.8 Å². The number of anilines is 1. The molecule has 0 aliphatic carbocycles. The second kappa shape index (κ2) is 5.17. The molecule has 1 aliphatic heterocycles. The van der Waals surface area contributed by atoms with Crippen LogP contribution in [0.25, 0.3) is 0 Å². The Hall–Kier alpha value is -2.01. The summed E-state index contributed by atoms with van der Waals surface area (Å²) in [5, 5.41) is 0. The molecular formula is C15H17N3OS. The lowest BCUT2D eigenvalue weighted by Crippen LogP contribution is -2.35. The molecule has 2 N–H and O–H groups in total. The summed E-state index contributed by atoms with van der Waals surface area (Å²) in [6.07, 6.45) is 0. The molecule has 1 aliphatic rings. The molecule has 4 nitrogen and oxygen atoms in total. The van der Waals surface area contributed by atoms with Crippen molar-refractivity contribution in [3.8, 4) is 5.75 Å². The molecule has 1 aromatic heterocycles. The second-order valence-corrected chi connectivity index (χ2v) is 6.05. The molecule has 2 aromatic rings. The van der Waals surface area contributed by atoms with Crippen LogP contribution < -0.4 is 15.4 Å². The van der Waals surface area contributed by atoms with Crippen molar-refractivity contribution in [2.75, 3.05) is 18.6 Å². The average Bonchev–Trinajstić information content (AvgIpc) is 3.05. The first-order valence-electron chi connectivity index (χ1n) is 6.48. The van der Waals surface area contributed by atoms with Crippen LogP contribution in [0.4, 0.5) is 5.69 Å². The average molecular weight is 287 g/mol. The van der Waals surface area contributed by atoms with Crippen LogP contribution in [0.2, 0.25) is 0 Å². The number of aliphatic imine (C=N–C) groups is 1. The van der Waals surface area contributed by atoms with E-state index in [1.807, 2.05) is 24.3 Å². The molecular weight excluding hydrogens is 270 g/mol. The Bertz CT molecular complexity index is 633. The monoisotopic (exact) mass is 287 g/mol. The first-order valence-corrected chi connectivity index (χ1v) is 7.30. The van der Waals surface area contributed by atoms with Crippen LogP contribution in [0.15, 0.2) is 41.4 Å². The highest BCUT2D eigenvalue weighted by molar-refractivity contribution is 7.12. The van der Waals surface area contributed by atoms with Crippen molar-refractivity contribution in [3.05, 3.63) is 46.2 Å². The Morgan fingerprint density at radius 3 is 2.60 bits per heavy atom. The van der Waals surface area contributed by atoms with Crippen molar-refractivity contribution in [2.45, 2.75) is 13.0 Å². The number of rotatable bonds is 3. The zero-order valence-corrected chi connectivity index (χ0v) is 12.4. The smallest absolute Gasteiger partial charge is 0.196 e. The van der Waals surface area contributed by atoms with E-state index >= 15 is 0 Å². The van der Waals surface area contributed by atoms with E-state index in [0.717, 1.165) is 11.4 Å². The molecule has 0 bridgehead atoms. The minimum atomic E-state index is 0.196. The highest BCUT2D eigenvalue weighted by atomic mass is 32.1. The number of nitrogens with two attached hydrogens (primary N) is 1. The molecule has 0 radical (unpaired) electrons. The number of nitrogens with zero attached hydrogens (tertiary/aromatic N) is 2. The van der Waals surface area contributed by atoms with Gasteiger partial charge < -0.3 is 15.4 Å². The number of methoxy groups -OCH3 is 1. The van der Waals surface area contributed by atoms with Crippen molar-refractivity contribution in [3.63, 3.8) is 0 Å². The van der Waals surface area contributed by atoms with E-state index in [9.17, 15) is 0 Å². The topological polar surface area (TPSA) is 50.9 Å². The zero-order valence-electron chi connectivity index (χ0n) is 11.5. The van der Waals surface area contributed by atoms with Gasteiger partial charge in [-0.2, -0.15) is 0 Å². The van der Waals surface area contributed by atoms with E-state index in [1.165, 1.54) is 9.75 Å². The van der Waals surface area contributed by atoms with E-state index in [2.05, 4.69) is 28.9 Å². The highest BCUT2D eigenvalue weighted by Crippen LogP contribution is 2.35. The van der Waals surface area contributed by atoms with Crippen molar-refractivity contribution >= 4 is 23.0 Å². The van der Waals surface area contributed by atoms with E-state index in [0.29, 0.717) is 12.5 Å². The van der Waals surface area contributed by atoms with E-state index in [4.69, 9.17) is 10.5 Å². The minimum Gasteiger partial charge on any atom is -0.497 e. The fraction of sp³-hybridized carbons (Fsp3) is 0.267. The number of guanidine groups is 1. The van der Waals surface area contributed by atoms with Gasteiger partial charge in [-0.3, -0.25) is 4.99 Å². The number of benzene rings is 1. The van der Waals surface area contributed by atoms with Crippen LogP contribution >= 0.6 is 11.3 Å². The lowest BCUT2D eigenvalue weighted by atomic mass is 10.2. The summed E-state index contributed by atoms with van der Waals surface area (Å²) in [5.41, 5.74) is 7.11. The Balaban J connectivity index is 1.93. The van der Waals surface area contributed by atoms with Gasteiger partial charge in [0.2, 0.25) is 0 Å². The molecule has 20 heavy (non-hydrogen) atoms. The number of hydrogen-bond donors (Lipinski definition) is 1. The van der Waals surface area contributed by atoms with Gasteiger partial charge in [0.1, 0.15) is 5.75 Å². The Morgan fingerprint density at radius 1 is 1.25 bits per heavy atom. The Morgan fingerprint density at radius 2 is 2.00 bits per heavy atom. The number of ether oxygens (including phenoxy) is 1. The van der Waals surface area contributed by atoms with Gasteiger partial charge in [0.15, 0.2) is 5.96 Å². The van der Waals surface area contributed by atoms with Gasteiger partial charge in [0, 0.05) is 15.4 Å². The zero-order chi connectivity index (χ0) is 14.1. The first kappa shape index (κ1) is 13.0. The summed E-state index contributed by atoms with van der Waals surface area (Å²) >= 11 is 1.80. The molecule has 104 valence electrons. The van der Waals surface area contributed by atoms with E-state index in [1.54, 1.807) is 18.4 Å². The van der Waals surface area contributed by atoms with Gasteiger partial charge in [-0.1, -0.05) is 0 Å². The fourth-order valence-corrected chi connectivity index (χ4v) is 3.36. The van der Waals surface area contributed by atoms with Crippen molar-refractivity contribution < 1.29 is 4.74 Å². The quantitative estimate of drug-likeness (QED) is 0.944. The number of aryl methyl sites for hydroxylation is 1. The molecule has 0 saturated carbocycles. The predicted octanol–water partition coefficient (Wildman–Crippen LogP) is 2.94. The van der Waals surface area contributed by atoms with Gasteiger partial charge in [0.05, 0.1) is 19.7 Å². The number of hydrogen-bond acceptors (Lipinski definition) is 5. The number of thiophene rings is 1. The largest absolute Gasteiger partial charge is 0.497 e. The lowest BCUT2D eigenvalue weighted by molar-refractivity contribution is 0.415. The third-order valence-corrected chi connectivity index (χ3v) is 4.53. The Labute approximate surface area is 122 Å². The molecule has 1 unspecified atom stereocenters. The summed E-state index contributed by atoms with van der Waals surface area (Å²) in [7, 11) is 1.66. The minimum absolute atomic E-state index is 0.196. The second-order valence-electron chi connectivity index (χ2n) is 4.73.